The van der Waals surface area contributed by atoms with E-state index in [1.165, 1.54) is 12.0 Å². The van der Waals surface area contributed by atoms with E-state index >= 15 is 0 Å². The summed E-state index contributed by atoms with van der Waals surface area (Å²) >= 11 is 0. The van der Waals surface area contributed by atoms with Gasteiger partial charge in [0.05, 0.1) is 6.61 Å². The van der Waals surface area contributed by atoms with E-state index in [4.69, 9.17) is 4.74 Å². The van der Waals surface area contributed by atoms with Crippen LogP contribution in [0.1, 0.15) is 24.8 Å². The van der Waals surface area contributed by atoms with Crippen LogP contribution in [0.25, 0.3) is 0 Å². The van der Waals surface area contributed by atoms with Crippen molar-refractivity contribution in [2.45, 2.75) is 31.3 Å². The van der Waals surface area contributed by atoms with Crippen molar-refractivity contribution in [3.05, 3.63) is 60.2 Å². The molecule has 1 fully saturated rings. The molecule has 0 atom stereocenters. The van der Waals surface area contributed by atoms with Gasteiger partial charge in [0.1, 0.15) is 11.5 Å². The zero-order chi connectivity index (χ0) is 14.5. The molecule has 1 saturated carbocycles. The van der Waals surface area contributed by atoms with Crippen LogP contribution < -0.4 is 10.1 Å². The Labute approximate surface area is 125 Å². The predicted molar refractivity (Wildman–Crippen MR) is 83.5 cm³/mol. The molecule has 0 unspecified atom stereocenters. The monoisotopic (exact) mass is 283 g/mol. The molecule has 0 aliphatic heterocycles. The van der Waals surface area contributed by atoms with E-state index in [1.807, 2.05) is 48.5 Å². The third kappa shape index (κ3) is 3.43. The Morgan fingerprint density at radius 2 is 1.76 bits per heavy atom. The van der Waals surface area contributed by atoms with E-state index in [2.05, 4.69) is 11.4 Å². The molecule has 1 aliphatic carbocycles. The maximum absolute atomic E-state index is 9.48. The average molecular weight is 283 g/mol. The van der Waals surface area contributed by atoms with Crippen molar-refractivity contribution in [3.8, 4) is 11.5 Å². The van der Waals surface area contributed by atoms with Crippen molar-refractivity contribution in [2.75, 3.05) is 6.61 Å². The quantitative estimate of drug-likeness (QED) is 0.852. The molecular formula is C18H21NO2. The maximum Gasteiger partial charge on any atom is 0.127 e. The largest absolute Gasteiger partial charge is 0.457 e. The summed E-state index contributed by atoms with van der Waals surface area (Å²) in [6.07, 6.45) is 3.32. The minimum absolute atomic E-state index is 0.0592. The van der Waals surface area contributed by atoms with Crippen molar-refractivity contribution in [2.24, 2.45) is 0 Å². The van der Waals surface area contributed by atoms with Crippen molar-refractivity contribution in [1.82, 2.24) is 5.32 Å². The van der Waals surface area contributed by atoms with E-state index in [1.54, 1.807) is 0 Å². The zero-order valence-electron chi connectivity index (χ0n) is 12.1. The number of ether oxygens (including phenoxy) is 1. The van der Waals surface area contributed by atoms with Gasteiger partial charge in [-0.1, -0.05) is 30.3 Å². The predicted octanol–water partition coefficient (Wildman–Crippen LogP) is 3.48. The molecule has 0 aromatic heterocycles. The second-order valence-corrected chi connectivity index (χ2v) is 5.71. The lowest BCUT2D eigenvalue weighted by atomic mass is 9.77. The van der Waals surface area contributed by atoms with Crippen LogP contribution in [-0.4, -0.2) is 17.3 Å². The van der Waals surface area contributed by atoms with Gasteiger partial charge in [0.2, 0.25) is 0 Å². The lowest BCUT2D eigenvalue weighted by molar-refractivity contribution is 0.0872. The van der Waals surface area contributed by atoms with Crippen LogP contribution in [0, 0.1) is 0 Å². The molecule has 3 heteroatoms. The zero-order valence-corrected chi connectivity index (χ0v) is 12.1. The molecule has 1 aliphatic rings. The van der Waals surface area contributed by atoms with Gasteiger partial charge in [-0.25, -0.2) is 0 Å². The van der Waals surface area contributed by atoms with Crippen LogP contribution in [-0.2, 0) is 6.54 Å². The highest BCUT2D eigenvalue weighted by Gasteiger charge is 2.35. The fraction of sp³-hybridized carbons (Fsp3) is 0.333. The van der Waals surface area contributed by atoms with Crippen LogP contribution in [0.5, 0.6) is 11.5 Å². The summed E-state index contributed by atoms with van der Waals surface area (Å²) in [7, 11) is 0. The molecule has 2 aromatic carbocycles. The first-order valence-electron chi connectivity index (χ1n) is 7.47. The average Bonchev–Trinajstić information content (AvgIpc) is 2.48. The Balaban J connectivity index is 1.63. The van der Waals surface area contributed by atoms with Gasteiger partial charge in [0, 0.05) is 12.1 Å². The molecule has 0 spiro atoms. The molecule has 0 amide bonds. The Morgan fingerprint density at radius 3 is 2.43 bits per heavy atom. The van der Waals surface area contributed by atoms with Gasteiger partial charge in [-0.2, -0.15) is 0 Å². The molecule has 21 heavy (non-hydrogen) atoms. The third-order valence-corrected chi connectivity index (χ3v) is 4.16. The third-order valence-electron chi connectivity index (χ3n) is 4.16. The molecule has 110 valence electrons. The number of benzene rings is 2. The smallest absolute Gasteiger partial charge is 0.127 e. The molecule has 3 rings (SSSR count). The molecular weight excluding hydrogens is 262 g/mol. The fourth-order valence-electron chi connectivity index (χ4n) is 2.63. The molecule has 3 nitrogen and oxygen atoms in total. The van der Waals surface area contributed by atoms with Crippen molar-refractivity contribution >= 4 is 0 Å². The van der Waals surface area contributed by atoms with Gasteiger partial charge < -0.3 is 15.2 Å². The molecule has 2 aromatic rings. The second-order valence-electron chi connectivity index (χ2n) is 5.71. The number of nitrogens with one attached hydrogen (secondary N) is 1. The summed E-state index contributed by atoms with van der Waals surface area (Å²) in [4.78, 5) is 0. The lowest BCUT2D eigenvalue weighted by Gasteiger charge is -2.41. The van der Waals surface area contributed by atoms with Crippen molar-refractivity contribution in [3.63, 3.8) is 0 Å². The first-order valence-corrected chi connectivity index (χ1v) is 7.47. The van der Waals surface area contributed by atoms with Gasteiger partial charge in [0.15, 0.2) is 0 Å². The molecule has 0 bridgehead atoms. The van der Waals surface area contributed by atoms with E-state index in [0.29, 0.717) is 0 Å². The summed E-state index contributed by atoms with van der Waals surface area (Å²) in [6, 6.07) is 17.9. The summed E-state index contributed by atoms with van der Waals surface area (Å²) in [5.41, 5.74) is 1.11. The fourth-order valence-corrected chi connectivity index (χ4v) is 2.63. The van der Waals surface area contributed by atoms with Crippen LogP contribution in [0.3, 0.4) is 0 Å². The SMILES string of the molecule is OCC1(NCc2cccc(Oc3ccccc3)c2)CCC1. The van der Waals surface area contributed by atoms with Crippen LogP contribution in [0.15, 0.2) is 54.6 Å². The number of aliphatic hydroxyl groups excluding tert-OH is 1. The number of hydrogen-bond acceptors (Lipinski definition) is 3. The van der Waals surface area contributed by atoms with Crippen LogP contribution in [0.2, 0.25) is 0 Å². The normalized spacial score (nSPS) is 16.2. The highest BCUT2D eigenvalue weighted by Crippen LogP contribution is 2.31. The van der Waals surface area contributed by atoms with Crippen LogP contribution in [0.4, 0.5) is 0 Å². The summed E-state index contributed by atoms with van der Waals surface area (Å²) in [5.74, 6) is 1.68. The van der Waals surface area contributed by atoms with Crippen LogP contribution >= 0.6 is 0 Å². The minimum Gasteiger partial charge on any atom is -0.457 e. The molecule has 0 heterocycles. The molecule has 0 radical (unpaired) electrons. The summed E-state index contributed by atoms with van der Waals surface area (Å²) < 4.78 is 5.84. The van der Waals surface area contributed by atoms with E-state index in [9.17, 15) is 5.11 Å². The van der Waals surface area contributed by atoms with Gasteiger partial charge in [-0.05, 0) is 49.1 Å². The Bertz CT molecular complexity index is 573. The first kappa shape index (κ1) is 14.1. The first-order chi connectivity index (χ1) is 10.3. The van der Waals surface area contributed by atoms with Gasteiger partial charge in [-0.15, -0.1) is 0 Å². The summed E-state index contributed by atoms with van der Waals surface area (Å²) in [6.45, 7) is 0.972. The Morgan fingerprint density at radius 1 is 1.00 bits per heavy atom. The Kier molecular flexibility index (Phi) is 4.23. The van der Waals surface area contributed by atoms with E-state index in [-0.39, 0.29) is 12.1 Å². The van der Waals surface area contributed by atoms with Gasteiger partial charge in [0.25, 0.3) is 0 Å². The van der Waals surface area contributed by atoms with E-state index in [0.717, 1.165) is 30.9 Å². The topological polar surface area (TPSA) is 41.5 Å². The Hall–Kier alpha value is -1.84. The summed E-state index contributed by atoms with van der Waals surface area (Å²) in [5, 5.41) is 13.0. The van der Waals surface area contributed by atoms with Crippen molar-refractivity contribution in [1.29, 1.82) is 0 Å². The minimum atomic E-state index is -0.0592. The van der Waals surface area contributed by atoms with Crippen molar-refractivity contribution < 1.29 is 9.84 Å². The molecule has 0 saturated heterocycles. The van der Waals surface area contributed by atoms with E-state index < -0.39 is 0 Å². The number of aliphatic hydroxyl groups is 1. The highest BCUT2D eigenvalue weighted by atomic mass is 16.5. The maximum atomic E-state index is 9.48. The van der Waals surface area contributed by atoms with Gasteiger partial charge >= 0.3 is 0 Å². The van der Waals surface area contributed by atoms with Gasteiger partial charge in [-0.3, -0.25) is 0 Å². The molecule has 2 N–H and O–H groups in total. The number of hydrogen-bond donors (Lipinski definition) is 2. The standard InChI is InChI=1S/C18H21NO2/c20-14-18(10-5-11-18)19-13-15-6-4-9-17(12-15)21-16-7-2-1-3-8-16/h1-4,6-9,12,19-20H,5,10-11,13-14H2. The lowest BCUT2D eigenvalue weighted by Crippen LogP contribution is -2.53. The highest BCUT2D eigenvalue weighted by molar-refractivity contribution is 5.33. The number of para-hydroxylation sites is 1. The second kappa shape index (κ2) is 6.29. The number of rotatable bonds is 6.